The number of amides is 2. The first-order valence-corrected chi connectivity index (χ1v) is 15.5. The number of carbonyl (C=O) groups is 2. The van der Waals surface area contributed by atoms with Gasteiger partial charge in [0, 0.05) is 30.8 Å². The Hall–Kier alpha value is -4.47. The molecule has 4 aromatic rings. The lowest BCUT2D eigenvalue weighted by molar-refractivity contribution is -0.137. The number of benzene rings is 4. The first-order valence-electron chi connectivity index (χ1n) is 15.5. The van der Waals surface area contributed by atoms with Crippen LogP contribution in [0.3, 0.4) is 0 Å². The van der Waals surface area contributed by atoms with Crippen molar-refractivity contribution in [2.24, 2.45) is 0 Å². The maximum atomic E-state index is 13.7. The minimum atomic E-state index is -4.44. The Morgan fingerprint density at radius 1 is 0.891 bits per heavy atom. The summed E-state index contributed by atoms with van der Waals surface area (Å²) in [6, 6.07) is 28.4. The van der Waals surface area contributed by atoms with E-state index in [9.17, 15) is 27.9 Å². The van der Waals surface area contributed by atoms with Gasteiger partial charge in [-0.05, 0) is 67.1 Å². The summed E-state index contributed by atoms with van der Waals surface area (Å²) >= 11 is 0. The molecule has 4 aromatic carbocycles. The van der Waals surface area contributed by atoms with E-state index in [2.05, 4.69) is 16.7 Å². The molecule has 1 heterocycles. The fraction of sp³-hybridized carbons (Fsp3) is 0.297. The number of rotatable bonds is 11. The number of aliphatic hydroxyl groups is 1. The van der Waals surface area contributed by atoms with Gasteiger partial charge in [0.25, 0.3) is 11.8 Å². The average Bonchev–Trinajstić information content (AvgIpc) is 3.54. The van der Waals surface area contributed by atoms with Crippen LogP contribution in [0.1, 0.15) is 67.4 Å². The van der Waals surface area contributed by atoms with Crippen molar-refractivity contribution in [1.29, 1.82) is 0 Å². The molecule has 3 atom stereocenters. The highest BCUT2D eigenvalue weighted by atomic mass is 19.4. The predicted molar refractivity (Wildman–Crippen MR) is 171 cm³/mol. The number of alkyl halides is 3. The number of likely N-dealkylation sites (tertiary alicyclic amines) is 1. The van der Waals surface area contributed by atoms with Crippen LogP contribution in [-0.4, -0.2) is 47.1 Å². The molecule has 240 valence electrons. The minimum absolute atomic E-state index is 0.0290. The van der Waals surface area contributed by atoms with Crippen LogP contribution in [0.5, 0.6) is 0 Å². The molecule has 1 saturated heterocycles. The summed E-state index contributed by atoms with van der Waals surface area (Å²) in [6.07, 6.45) is -3.41. The number of carbonyl (C=O) groups excluding carboxylic acids is 2. The second-order valence-corrected chi connectivity index (χ2v) is 11.8. The van der Waals surface area contributed by atoms with Gasteiger partial charge in [-0.1, -0.05) is 84.4 Å². The number of aliphatic hydroxyl groups excluding tert-OH is 1. The van der Waals surface area contributed by atoms with Crippen molar-refractivity contribution < 1.29 is 27.9 Å². The van der Waals surface area contributed by atoms with Gasteiger partial charge in [-0.2, -0.15) is 13.2 Å². The molecule has 1 aliphatic rings. The Bertz CT molecular complexity index is 1640. The van der Waals surface area contributed by atoms with Crippen LogP contribution in [-0.2, 0) is 19.1 Å². The van der Waals surface area contributed by atoms with Gasteiger partial charge in [0.1, 0.15) is 0 Å². The zero-order chi connectivity index (χ0) is 32.7. The largest absolute Gasteiger partial charge is 0.416 e. The molecule has 3 N–H and O–H groups in total. The van der Waals surface area contributed by atoms with E-state index >= 15 is 0 Å². The van der Waals surface area contributed by atoms with Crippen LogP contribution in [0.15, 0.2) is 103 Å². The zero-order valence-corrected chi connectivity index (χ0v) is 25.6. The highest BCUT2D eigenvalue weighted by molar-refractivity contribution is 6.00. The highest BCUT2D eigenvalue weighted by Gasteiger charge is 2.32. The van der Waals surface area contributed by atoms with Gasteiger partial charge in [-0.3, -0.25) is 9.59 Å². The van der Waals surface area contributed by atoms with Crippen LogP contribution in [0.25, 0.3) is 0 Å². The molecular formula is C37H38F3N3O3. The Morgan fingerprint density at radius 3 is 2.37 bits per heavy atom. The average molecular weight is 630 g/mol. The lowest BCUT2D eigenvalue weighted by atomic mass is 9.99. The Kier molecular flexibility index (Phi) is 10.6. The van der Waals surface area contributed by atoms with Crippen molar-refractivity contribution in [1.82, 2.24) is 15.5 Å². The third kappa shape index (κ3) is 8.41. The molecule has 0 aliphatic carbocycles. The number of nitrogens with one attached hydrogen (secondary N) is 2. The molecule has 1 fully saturated rings. The molecule has 5 rings (SSSR count). The highest BCUT2D eigenvalue weighted by Crippen LogP contribution is 2.34. The van der Waals surface area contributed by atoms with Crippen LogP contribution in [0, 0.1) is 6.92 Å². The number of hydrogen-bond acceptors (Lipinski definition) is 4. The number of nitrogens with zero attached hydrogens (tertiary/aromatic N) is 1. The van der Waals surface area contributed by atoms with Gasteiger partial charge in [-0.25, -0.2) is 0 Å². The molecular weight excluding hydrogens is 591 g/mol. The van der Waals surface area contributed by atoms with E-state index in [-0.39, 0.29) is 25.0 Å². The minimum Gasteiger partial charge on any atom is -0.390 e. The van der Waals surface area contributed by atoms with E-state index in [1.165, 1.54) is 6.07 Å². The van der Waals surface area contributed by atoms with E-state index in [4.69, 9.17) is 0 Å². The number of hydrogen-bond donors (Lipinski definition) is 3. The van der Waals surface area contributed by atoms with Crippen molar-refractivity contribution in [3.05, 3.63) is 142 Å². The van der Waals surface area contributed by atoms with Crippen molar-refractivity contribution >= 4 is 11.8 Å². The predicted octanol–water partition coefficient (Wildman–Crippen LogP) is 6.48. The third-order valence-corrected chi connectivity index (χ3v) is 8.33. The van der Waals surface area contributed by atoms with Gasteiger partial charge in [0.2, 0.25) is 0 Å². The van der Waals surface area contributed by atoms with Crippen LogP contribution in [0.2, 0.25) is 0 Å². The Morgan fingerprint density at radius 2 is 1.61 bits per heavy atom. The van der Waals surface area contributed by atoms with Gasteiger partial charge in [0.05, 0.1) is 23.8 Å². The monoisotopic (exact) mass is 629 g/mol. The quantitative estimate of drug-likeness (QED) is 0.177. The summed E-state index contributed by atoms with van der Waals surface area (Å²) in [6.45, 7) is 2.80. The Labute approximate surface area is 267 Å². The van der Waals surface area contributed by atoms with Gasteiger partial charge in [-0.15, -0.1) is 0 Å². The molecule has 1 unspecified atom stereocenters. The molecule has 0 radical (unpaired) electrons. The second kappa shape index (κ2) is 14.7. The standard InChI is InChI=1S/C37H38F3N3O3/c1-25-9-5-13-28(19-25)33-17-8-18-43(33)36(46)30-15-7-14-29(22-30)35(45)42-32(21-26-10-3-2-4-11-26)34(44)24-41-23-27-12-6-16-31(20-27)37(38,39)40/h2-7,9-16,19-20,22,32-34,41,44H,8,17-18,21,23-24H2,1H3,(H,42,45)/t32-,33?,34-/m0/s1. The zero-order valence-electron chi connectivity index (χ0n) is 25.6. The SMILES string of the molecule is Cc1cccc(C2CCCN2C(=O)c2cccc(C(=O)N[C@@H](Cc3ccccc3)[C@@H](O)CNCc3cccc(C(F)(F)F)c3)c2)c1. The summed E-state index contributed by atoms with van der Waals surface area (Å²) in [5.74, 6) is -0.581. The summed E-state index contributed by atoms with van der Waals surface area (Å²) in [5, 5.41) is 17.1. The molecule has 9 heteroatoms. The van der Waals surface area contributed by atoms with E-state index < -0.39 is 29.8 Å². The number of aryl methyl sites for hydroxylation is 1. The van der Waals surface area contributed by atoms with E-state index in [0.717, 1.165) is 41.7 Å². The molecule has 0 aromatic heterocycles. The molecule has 46 heavy (non-hydrogen) atoms. The normalized spacial score (nSPS) is 16.2. The number of halogens is 3. The van der Waals surface area contributed by atoms with Crippen LogP contribution in [0.4, 0.5) is 13.2 Å². The molecule has 0 saturated carbocycles. The fourth-order valence-corrected chi connectivity index (χ4v) is 5.96. The molecule has 6 nitrogen and oxygen atoms in total. The van der Waals surface area contributed by atoms with E-state index in [0.29, 0.717) is 29.7 Å². The second-order valence-electron chi connectivity index (χ2n) is 11.8. The van der Waals surface area contributed by atoms with Crippen molar-refractivity contribution in [2.45, 2.75) is 57.1 Å². The molecule has 0 spiro atoms. The Balaban J connectivity index is 1.27. The van der Waals surface area contributed by atoms with E-state index in [1.807, 2.05) is 60.4 Å². The molecule has 1 aliphatic heterocycles. The first-order chi connectivity index (χ1) is 22.1. The lowest BCUT2D eigenvalue weighted by Crippen LogP contribution is -2.48. The summed E-state index contributed by atoms with van der Waals surface area (Å²) in [4.78, 5) is 29.0. The van der Waals surface area contributed by atoms with E-state index in [1.54, 1.807) is 30.3 Å². The first kappa shape index (κ1) is 32.9. The van der Waals surface area contributed by atoms with Crippen molar-refractivity contribution in [2.75, 3.05) is 13.1 Å². The molecule has 0 bridgehead atoms. The summed E-state index contributed by atoms with van der Waals surface area (Å²) in [5.41, 5.74) is 3.51. The van der Waals surface area contributed by atoms with Gasteiger partial charge in [0.15, 0.2) is 0 Å². The smallest absolute Gasteiger partial charge is 0.390 e. The summed E-state index contributed by atoms with van der Waals surface area (Å²) in [7, 11) is 0. The lowest BCUT2D eigenvalue weighted by Gasteiger charge is -2.26. The van der Waals surface area contributed by atoms with Crippen LogP contribution < -0.4 is 10.6 Å². The molecule has 2 amide bonds. The fourth-order valence-electron chi connectivity index (χ4n) is 5.96. The van der Waals surface area contributed by atoms with Crippen molar-refractivity contribution in [3.8, 4) is 0 Å². The maximum absolute atomic E-state index is 13.7. The van der Waals surface area contributed by atoms with Crippen LogP contribution >= 0.6 is 0 Å². The summed E-state index contributed by atoms with van der Waals surface area (Å²) < 4.78 is 39.4. The van der Waals surface area contributed by atoms with Gasteiger partial charge < -0.3 is 20.6 Å². The maximum Gasteiger partial charge on any atom is 0.416 e. The van der Waals surface area contributed by atoms with Gasteiger partial charge >= 0.3 is 6.18 Å². The van der Waals surface area contributed by atoms with Crippen molar-refractivity contribution in [3.63, 3.8) is 0 Å². The topological polar surface area (TPSA) is 81.7 Å². The third-order valence-electron chi connectivity index (χ3n) is 8.33.